The zero-order valence-corrected chi connectivity index (χ0v) is 7.21. The molecule has 2 N–H and O–H groups in total. The van der Waals surface area contributed by atoms with Crippen LogP contribution in [0.15, 0.2) is 0 Å². The number of halogens is 3. The van der Waals surface area contributed by atoms with Crippen LogP contribution < -0.4 is 5.73 Å². The highest BCUT2D eigenvalue weighted by Crippen LogP contribution is 2.39. The van der Waals surface area contributed by atoms with Crippen LogP contribution in [0.3, 0.4) is 0 Å². The van der Waals surface area contributed by atoms with Crippen LogP contribution in [0.2, 0.25) is 0 Å². The van der Waals surface area contributed by atoms with Crippen molar-refractivity contribution in [3.05, 3.63) is 0 Å². The minimum Gasteiger partial charge on any atom is -0.332 e. The molecule has 60 valence electrons. The smallest absolute Gasteiger partial charge is 0.274 e. The molecule has 0 saturated carbocycles. The highest BCUT2D eigenvalue weighted by molar-refractivity contribution is 6.68. The van der Waals surface area contributed by atoms with E-state index in [9.17, 15) is 0 Å². The second-order valence-corrected chi connectivity index (χ2v) is 4.14. The fraction of sp³-hybridized carbons (Fsp3) is 1.00. The topological polar surface area (TPSA) is 44.5 Å². The van der Waals surface area contributed by atoms with Gasteiger partial charge in [-0.05, 0) is 0 Å². The molecule has 1 rings (SSSR count). The molecule has 1 fully saturated rings. The molecular formula is C4H6Cl3NO2. The summed E-state index contributed by atoms with van der Waals surface area (Å²) in [5, 5.41) is 0. The van der Waals surface area contributed by atoms with Crippen molar-refractivity contribution in [3.8, 4) is 0 Å². The summed E-state index contributed by atoms with van der Waals surface area (Å²) >= 11 is 16.3. The maximum absolute atomic E-state index is 5.44. The van der Waals surface area contributed by atoms with Crippen molar-refractivity contribution < 1.29 is 9.47 Å². The zero-order valence-electron chi connectivity index (χ0n) is 4.94. The number of hydrogen-bond donors (Lipinski definition) is 1. The molecule has 6 heteroatoms. The zero-order chi connectivity index (χ0) is 7.83. The summed E-state index contributed by atoms with van der Waals surface area (Å²) < 4.78 is 8.00. The van der Waals surface area contributed by atoms with Crippen LogP contribution in [-0.2, 0) is 9.47 Å². The van der Waals surface area contributed by atoms with E-state index in [2.05, 4.69) is 0 Å². The van der Waals surface area contributed by atoms with E-state index < -0.39 is 9.70 Å². The van der Waals surface area contributed by atoms with E-state index in [0.29, 0.717) is 13.2 Å². The van der Waals surface area contributed by atoms with Gasteiger partial charge in [0.1, 0.15) is 0 Å². The third-order valence-electron chi connectivity index (χ3n) is 1.11. The molecule has 10 heavy (non-hydrogen) atoms. The van der Waals surface area contributed by atoms with E-state index in [1.54, 1.807) is 0 Å². The van der Waals surface area contributed by atoms with Crippen LogP contribution in [0.1, 0.15) is 0 Å². The first-order chi connectivity index (χ1) is 4.46. The summed E-state index contributed by atoms with van der Waals surface area (Å²) in [5.74, 6) is -1.57. The van der Waals surface area contributed by atoms with Crippen molar-refractivity contribution in [3.63, 3.8) is 0 Å². The van der Waals surface area contributed by atoms with Gasteiger partial charge in [-0.2, -0.15) is 0 Å². The molecule has 1 aliphatic rings. The van der Waals surface area contributed by atoms with Gasteiger partial charge in [-0.1, -0.05) is 34.8 Å². The third kappa shape index (κ3) is 1.49. The minimum absolute atomic E-state index is 0.352. The van der Waals surface area contributed by atoms with Crippen LogP contribution in [0.5, 0.6) is 0 Å². The maximum Gasteiger partial charge on any atom is 0.274 e. The molecule has 0 aromatic heterocycles. The van der Waals surface area contributed by atoms with Crippen molar-refractivity contribution in [2.24, 2.45) is 5.73 Å². The summed E-state index contributed by atoms with van der Waals surface area (Å²) in [5.41, 5.74) is 5.40. The molecule has 1 aliphatic heterocycles. The molecule has 0 aromatic rings. The lowest BCUT2D eigenvalue weighted by molar-refractivity contribution is -0.148. The normalized spacial score (nSPS) is 25.2. The predicted molar refractivity (Wildman–Crippen MR) is 39.1 cm³/mol. The van der Waals surface area contributed by atoms with Crippen LogP contribution in [0, 0.1) is 0 Å². The van der Waals surface area contributed by atoms with E-state index in [-0.39, 0.29) is 0 Å². The van der Waals surface area contributed by atoms with Crippen molar-refractivity contribution in [1.29, 1.82) is 0 Å². The molecular weight excluding hydrogens is 200 g/mol. The first kappa shape index (κ1) is 8.84. The lowest BCUT2D eigenvalue weighted by Crippen LogP contribution is -2.52. The van der Waals surface area contributed by atoms with E-state index in [0.717, 1.165) is 0 Å². The number of hydrogen-bond acceptors (Lipinski definition) is 3. The molecule has 0 unspecified atom stereocenters. The van der Waals surface area contributed by atoms with E-state index >= 15 is 0 Å². The van der Waals surface area contributed by atoms with Gasteiger partial charge in [0.05, 0.1) is 13.2 Å². The Morgan fingerprint density at radius 2 is 1.60 bits per heavy atom. The molecule has 0 amide bonds. The van der Waals surface area contributed by atoms with Crippen molar-refractivity contribution in [2.75, 3.05) is 13.2 Å². The van der Waals surface area contributed by atoms with Crippen molar-refractivity contribution in [1.82, 2.24) is 0 Å². The number of rotatable bonds is 0. The average molecular weight is 206 g/mol. The molecule has 1 heterocycles. The molecule has 0 bridgehead atoms. The Balaban J connectivity index is 2.67. The molecule has 0 spiro atoms. The highest BCUT2D eigenvalue weighted by atomic mass is 35.6. The van der Waals surface area contributed by atoms with E-state index in [1.165, 1.54) is 0 Å². The van der Waals surface area contributed by atoms with E-state index in [1.807, 2.05) is 0 Å². The molecule has 0 aliphatic carbocycles. The summed E-state index contributed by atoms with van der Waals surface area (Å²) in [6, 6.07) is 0. The summed E-state index contributed by atoms with van der Waals surface area (Å²) in [6.45, 7) is 0.703. The average Bonchev–Trinajstić information content (AvgIpc) is 2.13. The lowest BCUT2D eigenvalue weighted by atomic mass is 10.6. The van der Waals surface area contributed by atoms with E-state index in [4.69, 9.17) is 50.0 Å². The van der Waals surface area contributed by atoms with Crippen molar-refractivity contribution >= 4 is 34.8 Å². The quantitative estimate of drug-likeness (QED) is 0.602. The Kier molecular flexibility index (Phi) is 2.35. The molecule has 0 radical (unpaired) electrons. The lowest BCUT2D eigenvalue weighted by Gasteiger charge is -2.28. The maximum atomic E-state index is 5.44. The fourth-order valence-electron chi connectivity index (χ4n) is 0.592. The van der Waals surface area contributed by atoms with Crippen LogP contribution in [0.25, 0.3) is 0 Å². The van der Waals surface area contributed by atoms with Gasteiger partial charge in [-0.25, -0.2) is 0 Å². The minimum atomic E-state index is -1.73. The second-order valence-electron chi connectivity index (χ2n) is 1.86. The number of alkyl halides is 3. The number of nitrogens with two attached hydrogens (primary N) is 1. The largest absolute Gasteiger partial charge is 0.332 e. The Hall–Kier alpha value is 0.750. The van der Waals surface area contributed by atoms with Crippen LogP contribution in [-0.4, -0.2) is 22.9 Å². The van der Waals surface area contributed by atoms with Gasteiger partial charge < -0.3 is 9.47 Å². The summed E-state index contributed by atoms with van der Waals surface area (Å²) in [7, 11) is 0. The fourth-order valence-corrected chi connectivity index (χ4v) is 0.919. The van der Waals surface area contributed by atoms with Gasteiger partial charge in [0.25, 0.3) is 9.70 Å². The van der Waals surface area contributed by atoms with Gasteiger partial charge in [-0.15, -0.1) is 0 Å². The Labute approximate surface area is 73.3 Å². The SMILES string of the molecule is NC1(C(Cl)(Cl)Cl)OCCO1. The third-order valence-corrected chi connectivity index (χ3v) is 1.90. The van der Waals surface area contributed by atoms with Gasteiger partial charge in [0.15, 0.2) is 0 Å². The Morgan fingerprint density at radius 1 is 1.20 bits per heavy atom. The first-order valence-electron chi connectivity index (χ1n) is 2.59. The summed E-state index contributed by atoms with van der Waals surface area (Å²) in [6.07, 6.45) is 0. The van der Waals surface area contributed by atoms with Crippen molar-refractivity contribution in [2.45, 2.75) is 9.70 Å². The molecule has 0 atom stereocenters. The number of ether oxygens (including phenoxy) is 2. The van der Waals surface area contributed by atoms with Gasteiger partial charge in [0, 0.05) is 0 Å². The molecule has 3 nitrogen and oxygen atoms in total. The van der Waals surface area contributed by atoms with Crippen LogP contribution in [0.4, 0.5) is 0 Å². The second kappa shape index (κ2) is 2.66. The highest BCUT2D eigenvalue weighted by Gasteiger charge is 2.51. The Bertz CT molecular complexity index is 129. The van der Waals surface area contributed by atoms with Crippen LogP contribution >= 0.6 is 34.8 Å². The van der Waals surface area contributed by atoms with Gasteiger partial charge >= 0.3 is 0 Å². The van der Waals surface area contributed by atoms with Gasteiger partial charge in [-0.3, -0.25) is 5.73 Å². The standard InChI is InChI=1S/C4H6Cl3NO2/c5-3(6,7)4(8)9-1-2-10-4/h1-2,8H2. The molecule has 1 saturated heterocycles. The Morgan fingerprint density at radius 3 is 1.80 bits per heavy atom. The monoisotopic (exact) mass is 205 g/mol. The predicted octanol–water partition coefficient (Wildman–Crippen LogP) is 1.02. The first-order valence-corrected chi connectivity index (χ1v) is 3.73. The molecule has 0 aromatic carbocycles. The summed E-state index contributed by atoms with van der Waals surface area (Å²) in [4.78, 5) is 0. The van der Waals surface area contributed by atoms with Gasteiger partial charge in [0.2, 0.25) is 0 Å².